The molecule has 0 spiro atoms. The number of hydrogen-bond acceptors (Lipinski definition) is 5. The molecule has 0 bridgehead atoms. The Labute approximate surface area is 151 Å². The first-order valence-electron chi connectivity index (χ1n) is 7.38. The van der Waals surface area contributed by atoms with Gasteiger partial charge in [0, 0.05) is 17.7 Å². The lowest BCUT2D eigenvalue weighted by atomic mass is 10.1. The monoisotopic (exact) mass is 375 g/mol. The molecule has 132 valence electrons. The van der Waals surface area contributed by atoms with Crippen LogP contribution in [0.3, 0.4) is 0 Å². The molecule has 0 saturated heterocycles. The maximum absolute atomic E-state index is 13.7. The van der Waals surface area contributed by atoms with Crippen molar-refractivity contribution in [1.82, 2.24) is 10.5 Å². The summed E-state index contributed by atoms with van der Waals surface area (Å²) in [7, 11) is 0. The molecule has 0 saturated carbocycles. The first kappa shape index (κ1) is 17.6. The van der Waals surface area contributed by atoms with Gasteiger partial charge in [-0.15, -0.1) is 0 Å². The SMILES string of the molecule is O=C(NCc1cc(-c2ccccc2F)on1)c1ccc(Cl)c([N+](=O)[O-])c1. The number of nitro groups is 1. The number of halogens is 2. The Kier molecular flexibility index (Phi) is 4.94. The van der Waals surface area contributed by atoms with Gasteiger partial charge in [0.2, 0.25) is 0 Å². The van der Waals surface area contributed by atoms with Gasteiger partial charge in [-0.3, -0.25) is 14.9 Å². The molecule has 2 aromatic carbocycles. The van der Waals surface area contributed by atoms with E-state index in [4.69, 9.17) is 16.1 Å². The smallest absolute Gasteiger partial charge is 0.288 e. The zero-order valence-corrected chi connectivity index (χ0v) is 13.9. The quantitative estimate of drug-likeness (QED) is 0.537. The normalized spacial score (nSPS) is 10.5. The van der Waals surface area contributed by atoms with Crippen LogP contribution in [0, 0.1) is 15.9 Å². The number of amides is 1. The van der Waals surface area contributed by atoms with Gasteiger partial charge in [0.1, 0.15) is 16.5 Å². The highest BCUT2D eigenvalue weighted by Crippen LogP contribution is 2.25. The maximum Gasteiger partial charge on any atom is 0.288 e. The fourth-order valence-corrected chi connectivity index (χ4v) is 2.44. The molecule has 9 heteroatoms. The van der Waals surface area contributed by atoms with Crippen molar-refractivity contribution in [1.29, 1.82) is 0 Å². The lowest BCUT2D eigenvalue weighted by Crippen LogP contribution is -2.23. The van der Waals surface area contributed by atoms with Crippen LogP contribution in [-0.4, -0.2) is 16.0 Å². The third kappa shape index (κ3) is 3.70. The van der Waals surface area contributed by atoms with Crippen molar-refractivity contribution in [3.05, 3.63) is 80.7 Å². The molecule has 3 rings (SSSR count). The van der Waals surface area contributed by atoms with Crippen LogP contribution >= 0.6 is 11.6 Å². The van der Waals surface area contributed by atoms with E-state index in [2.05, 4.69) is 10.5 Å². The van der Waals surface area contributed by atoms with Crippen molar-refractivity contribution in [2.45, 2.75) is 6.54 Å². The van der Waals surface area contributed by atoms with Gasteiger partial charge in [-0.05, 0) is 24.3 Å². The van der Waals surface area contributed by atoms with Gasteiger partial charge in [-0.25, -0.2) is 4.39 Å². The first-order chi connectivity index (χ1) is 12.5. The molecule has 1 amide bonds. The van der Waals surface area contributed by atoms with Gasteiger partial charge < -0.3 is 9.84 Å². The molecule has 0 fully saturated rings. The van der Waals surface area contributed by atoms with E-state index in [0.29, 0.717) is 5.69 Å². The molecule has 0 unspecified atom stereocenters. The third-order valence-electron chi connectivity index (χ3n) is 3.53. The molecule has 0 aliphatic heterocycles. The lowest BCUT2D eigenvalue weighted by molar-refractivity contribution is -0.384. The Balaban J connectivity index is 1.70. The minimum absolute atomic E-state index is 0.00715. The molecule has 1 N–H and O–H groups in total. The molecular weight excluding hydrogens is 365 g/mol. The van der Waals surface area contributed by atoms with Gasteiger partial charge in [0.05, 0.1) is 17.0 Å². The summed E-state index contributed by atoms with van der Waals surface area (Å²) in [4.78, 5) is 22.3. The van der Waals surface area contributed by atoms with Crippen LogP contribution in [-0.2, 0) is 6.54 Å². The van der Waals surface area contributed by atoms with Crippen molar-refractivity contribution in [2.75, 3.05) is 0 Å². The molecule has 0 aliphatic rings. The van der Waals surface area contributed by atoms with Crippen LogP contribution in [0.5, 0.6) is 0 Å². The minimum Gasteiger partial charge on any atom is -0.356 e. The summed E-state index contributed by atoms with van der Waals surface area (Å²) in [6.45, 7) is 0.00715. The van der Waals surface area contributed by atoms with Crippen LogP contribution in [0.1, 0.15) is 16.1 Å². The minimum atomic E-state index is -0.669. The zero-order valence-electron chi connectivity index (χ0n) is 13.1. The topological polar surface area (TPSA) is 98.3 Å². The summed E-state index contributed by atoms with van der Waals surface area (Å²) in [5.41, 5.74) is 0.354. The van der Waals surface area contributed by atoms with E-state index in [1.54, 1.807) is 18.2 Å². The molecule has 0 radical (unpaired) electrons. The molecule has 0 aliphatic carbocycles. The molecule has 7 nitrogen and oxygen atoms in total. The van der Waals surface area contributed by atoms with E-state index in [-0.39, 0.29) is 34.1 Å². The van der Waals surface area contributed by atoms with E-state index < -0.39 is 16.6 Å². The Morgan fingerprint density at radius 3 is 2.77 bits per heavy atom. The standard InChI is InChI=1S/C17H11ClFN3O4/c18-13-6-5-10(7-15(13)22(24)25)17(23)20-9-11-8-16(26-21-11)12-3-1-2-4-14(12)19/h1-8H,9H2,(H,20,23). The molecule has 0 atom stereocenters. The molecule has 1 heterocycles. The van der Waals surface area contributed by atoms with Crippen molar-refractivity contribution < 1.29 is 18.6 Å². The average molecular weight is 376 g/mol. The number of benzene rings is 2. The predicted molar refractivity (Wildman–Crippen MR) is 91.2 cm³/mol. The van der Waals surface area contributed by atoms with Gasteiger partial charge in [-0.2, -0.15) is 0 Å². The van der Waals surface area contributed by atoms with Crippen LogP contribution in [0.4, 0.5) is 10.1 Å². The fourth-order valence-electron chi connectivity index (χ4n) is 2.25. The highest BCUT2D eigenvalue weighted by atomic mass is 35.5. The van der Waals surface area contributed by atoms with Crippen LogP contribution < -0.4 is 5.32 Å². The number of nitrogens with zero attached hydrogens (tertiary/aromatic N) is 2. The first-order valence-corrected chi connectivity index (χ1v) is 7.76. The number of nitrogens with one attached hydrogen (secondary N) is 1. The van der Waals surface area contributed by atoms with E-state index in [0.717, 1.165) is 6.07 Å². The number of carbonyl (C=O) groups is 1. The fraction of sp³-hybridized carbons (Fsp3) is 0.0588. The van der Waals surface area contributed by atoms with Gasteiger partial charge >= 0.3 is 0 Å². The Morgan fingerprint density at radius 2 is 2.04 bits per heavy atom. The summed E-state index contributed by atoms with van der Waals surface area (Å²) in [6.07, 6.45) is 0. The van der Waals surface area contributed by atoms with E-state index in [9.17, 15) is 19.3 Å². The van der Waals surface area contributed by atoms with E-state index in [1.165, 1.54) is 24.3 Å². The van der Waals surface area contributed by atoms with E-state index in [1.807, 2.05) is 0 Å². The number of rotatable bonds is 5. The molecule has 1 aromatic heterocycles. The maximum atomic E-state index is 13.7. The van der Waals surface area contributed by atoms with E-state index >= 15 is 0 Å². The second-order valence-electron chi connectivity index (χ2n) is 5.27. The van der Waals surface area contributed by atoms with Gasteiger partial charge in [0.25, 0.3) is 11.6 Å². The average Bonchev–Trinajstić information content (AvgIpc) is 3.09. The summed E-state index contributed by atoms with van der Waals surface area (Å²) in [5, 5.41) is 17.2. The predicted octanol–water partition coefficient (Wildman–Crippen LogP) is 3.97. The number of carbonyl (C=O) groups excluding carboxylic acids is 1. The Bertz CT molecular complexity index is 990. The summed E-state index contributed by atoms with van der Waals surface area (Å²) < 4.78 is 18.8. The molecular formula is C17H11ClFN3O4. The van der Waals surface area contributed by atoms with Crippen molar-refractivity contribution in [2.24, 2.45) is 0 Å². The van der Waals surface area contributed by atoms with Gasteiger partial charge in [-0.1, -0.05) is 28.9 Å². The Morgan fingerprint density at radius 1 is 1.27 bits per heavy atom. The van der Waals surface area contributed by atoms with Crippen molar-refractivity contribution in [3.63, 3.8) is 0 Å². The van der Waals surface area contributed by atoms with Crippen LogP contribution in [0.15, 0.2) is 53.1 Å². The highest BCUT2D eigenvalue weighted by Gasteiger charge is 2.17. The molecule has 26 heavy (non-hydrogen) atoms. The number of aromatic nitrogens is 1. The lowest BCUT2D eigenvalue weighted by Gasteiger charge is -2.03. The molecule has 3 aromatic rings. The summed E-state index contributed by atoms with van der Waals surface area (Å²) >= 11 is 5.72. The third-order valence-corrected chi connectivity index (χ3v) is 3.85. The second-order valence-corrected chi connectivity index (χ2v) is 5.68. The van der Waals surface area contributed by atoms with Crippen LogP contribution in [0.25, 0.3) is 11.3 Å². The largest absolute Gasteiger partial charge is 0.356 e. The Hall–Kier alpha value is -3.26. The summed E-state index contributed by atoms with van der Waals surface area (Å²) in [5.74, 6) is -0.762. The zero-order chi connectivity index (χ0) is 18.7. The number of nitro benzene ring substituents is 1. The van der Waals surface area contributed by atoms with Crippen LogP contribution in [0.2, 0.25) is 5.02 Å². The summed E-state index contributed by atoms with van der Waals surface area (Å²) in [6, 6.07) is 11.3. The number of hydrogen-bond donors (Lipinski definition) is 1. The van der Waals surface area contributed by atoms with Gasteiger partial charge in [0.15, 0.2) is 5.76 Å². The van der Waals surface area contributed by atoms with Crippen molar-refractivity contribution >= 4 is 23.2 Å². The highest BCUT2D eigenvalue weighted by molar-refractivity contribution is 6.32. The van der Waals surface area contributed by atoms with Crippen molar-refractivity contribution in [3.8, 4) is 11.3 Å². The second kappa shape index (κ2) is 7.32.